The molecule has 0 radical (unpaired) electrons. The number of hydrogen-bond donors (Lipinski definition) is 4. The van der Waals surface area contributed by atoms with Gasteiger partial charge in [0.25, 0.3) is 6.47 Å². The molecule has 2 heterocycles. The van der Waals surface area contributed by atoms with Gasteiger partial charge in [0.2, 0.25) is 5.96 Å². The summed E-state index contributed by atoms with van der Waals surface area (Å²) in [5.74, 6) is 9.51. The van der Waals surface area contributed by atoms with Crippen LogP contribution in [0.15, 0.2) is 47.1 Å². The lowest BCUT2D eigenvalue weighted by molar-refractivity contribution is -0.184. The lowest BCUT2D eigenvalue weighted by Gasteiger charge is -2.64. The number of hydrogen-bond acceptors (Lipinski definition) is 8. The topological polar surface area (TPSA) is 150 Å². The molecule has 2 bridgehead atoms. The molecule has 0 aromatic heterocycles. The van der Waals surface area contributed by atoms with E-state index < -0.39 is 0 Å². The highest BCUT2D eigenvalue weighted by molar-refractivity contribution is 5.75. The van der Waals surface area contributed by atoms with Crippen LogP contribution in [-0.2, 0) is 25.6 Å². The molecule has 1 aromatic carbocycles. The summed E-state index contributed by atoms with van der Waals surface area (Å²) in [7, 11) is 2.28. The number of fused-ring (bicyclic) bond motifs is 3. The van der Waals surface area contributed by atoms with Crippen molar-refractivity contribution in [1.82, 2.24) is 10.4 Å². The number of nitrogens with two attached hydrogens (primary N) is 3. The van der Waals surface area contributed by atoms with Gasteiger partial charge in [-0.05, 0) is 125 Å². The van der Waals surface area contributed by atoms with Gasteiger partial charge < -0.3 is 30.6 Å². The zero-order valence-electron chi connectivity index (χ0n) is 33.2. The lowest BCUT2D eigenvalue weighted by atomic mass is 9.43. The van der Waals surface area contributed by atoms with Crippen molar-refractivity contribution in [3.8, 4) is 0 Å². The van der Waals surface area contributed by atoms with Gasteiger partial charge in [0.05, 0.1) is 25.9 Å². The van der Waals surface area contributed by atoms with Crippen molar-refractivity contribution in [2.75, 3.05) is 33.4 Å². The van der Waals surface area contributed by atoms with E-state index >= 15 is 0 Å². The first kappa shape index (κ1) is 42.1. The highest BCUT2D eigenvalue weighted by atomic mass is 16.5. The molecule has 5 fully saturated rings. The predicted molar refractivity (Wildman–Crippen MR) is 210 cm³/mol. The van der Waals surface area contributed by atoms with Crippen molar-refractivity contribution in [3.05, 3.63) is 47.5 Å². The number of likely N-dealkylation sites (tertiary alicyclic amines) is 1. The number of carbonyl (C=O) groups excluding carboxylic acids is 1. The van der Waals surface area contributed by atoms with Crippen molar-refractivity contribution in [3.63, 3.8) is 0 Å². The Morgan fingerprint density at radius 3 is 2.52 bits per heavy atom. The maximum absolute atomic E-state index is 9.76. The van der Waals surface area contributed by atoms with Crippen LogP contribution in [0.25, 0.3) is 0 Å². The monoisotopic (exact) mass is 725 g/mol. The van der Waals surface area contributed by atoms with Gasteiger partial charge in [-0.2, -0.15) is 0 Å². The number of hydrazone groups is 1. The van der Waals surface area contributed by atoms with Crippen LogP contribution in [0, 0.1) is 46.3 Å². The molecular weight excluding hydrogens is 653 g/mol. The Morgan fingerprint density at radius 1 is 1.12 bits per heavy atom. The first-order valence-electron chi connectivity index (χ1n) is 20.3. The largest absolute Gasteiger partial charge is 0.463 e. The number of hydrazine groups is 1. The molecule has 4 aliphatic carbocycles. The third-order valence-corrected chi connectivity index (χ3v) is 13.4. The number of benzene rings is 1. The van der Waals surface area contributed by atoms with Gasteiger partial charge >= 0.3 is 0 Å². The third kappa shape index (κ3) is 10.1. The fourth-order valence-electron chi connectivity index (χ4n) is 11.0. The summed E-state index contributed by atoms with van der Waals surface area (Å²) in [5, 5.41) is 3.12. The van der Waals surface area contributed by atoms with Crippen LogP contribution in [-0.4, -0.2) is 62.9 Å². The highest BCUT2D eigenvalue weighted by Gasteiger charge is 2.61. The van der Waals surface area contributed by atoms with Gasteiger partial charge in [-0.15, -0.1) is 5.10 Å². The van der Waals surface area contributed by atoms with E-state index in [1.165, 1.54) is 77.2 Å². The van der Waals surface area contributed by atoms with E-state index in [0.717, 1.165) is 55.0 Å². The van der Waals surface area contributed by atoms with Gasteiger partial charge in [-0.3, -0.25) is 4.79 Å². The van der Waals surface area contributed by atoms with E-state index in [4.69, 9.17) is 20.9 Å². The summed E-state index contributed by atoms with van der Waals surface area (Å²) in [5.41, 5.74) is 15.2. The molecule has 7 rings (SSSR count). The standard InChI is InChI=1S/C31H51NO2.C8H8O2.C2H6.CH7N5/c1-21(2)16-22-11-13-30(3)23(17-22)7-8-28-27(30)10-9-26-25-19-33-20-31(26,28)14-12-29(25)34-18-24-6-5-15-32(24)4;9-7-10-6-8-4-2-1-3-5-8;1-2;2-1(3)5-6-4/h8,21-27,29H,5-7,9-20H2,1-4H3;1-5,7H,6H2;1-2H3;6H,4H2,(H4,2,3,5). The Balaban J connectivity index is 0.000000279. The van der Waals surface area contributed by atoms with Gasteiger partial charge in [0.15, 0.2) is 0 Å². The summed E-state index contributed by atoms with van der Waals surface area (Å²) >= 11 is 0. The quantitative estimate of drug-likeness (QED) is 0.0542. The Morgan fingerprint density at radius 2 is 1.88 bits per heavy atom. The summed E-state index contributed by atoms with van der Waals surface area (Å²) in [6.07, 6.45) is 18.4. The van der Waals surface area contributed by atoms with Gasteiger partial charge in [0.1, 0.15) is 6.61 Å². The smallest absolute Gasteiger partial charge is 0.293 e. The molecule has 1 aromatic rings. The fraction of sp³-hybridized carbons (Fsp3) is 0.762. The number of carbonyl (C=O) groups is 1. The molecule has 9 unspecified atom stereocenters. The molecule has 2 aliphatic heterocycles. The molecule has 52 heavy (non-hydrogen) atoms. The van der Waals surface area contributed by atoms with E-state index in [9.17, 15) is 4.79 Å². The van der Waals surface area contributed by atoms with E-state index in [-0.39, 0.29) is 5.96 Å². The number of likely N-dealkylation sites (N-methyl/N-ethyl adjacent to an activating group) is 1. The second-order valence-corrected chi connectivity index (χ2v) is 16.7. The average molecular weight is 725 g/mol. The molecule has 10 nitrogen and oxygen atoms in total. The first-order chi connectivity index (χ1) is 25.1. The molecule has 10 heteroatoms. The minimum absolute atomic E-state index is 0.0718. The lowest BCUT2D eigenvalue weighted by Crippen LogP contribution is -2.60. The van der Waals surface area contributed by atoms with Crippen LogP contribution in [0.5, 0.6) is 0 Å². The Bertz CT molecular complexity index is 1270. The Hall–Kier alpha value is -2.66. The number of allylic oxidation sites excluding steroid dienone is 1. The molecule has 9 atom stereocenters. The van der Waals surface area contributed by atoms with Crippen LogP contribution in [0.4, 0.5) is 0 Å². The number of nitrogens with one attached hydrogen (secondary N) is 1. The predicted octanol–water partition coefficient (Wildman–Crippen LogP) is 6.74. The van der Waals surface area contributed by atoms with Gasteiger partial charge in [-0.25, -0.2) is 11.4 Å². The van der Waals surface area contributed by atoms with Crippen molar-refractivity contribution in [2.24, 2.45) is 68.7 Å². The van der Waals surface area contributed by atoms with E-state index in [1.807, 2.05) is 55.3 Å². The van der Waals surface area contributed by atoms with Crippen LogP contribution in [0.1, 0.15) is 111 Å². The minimum atomic E-state index is -0.0718. The number of guanidine groups is 1. The Labute approximate surface area is 315 Å². The van der Waals surface area contributed by atoms with Crippen LogP contribution < -0.4 is 22.8 Å². The summed E-state index contributed by atoms with van der Waals surface area (Å²) in [6, 6.07) is 10.2. The maximum atomic E-state index is 9.76. The first-order valence-corrected chi connectivity index (χ1v) is 20.3. The van der Waals surface area contributed by atoms with E-state index in [0.29, 0.717) is 42.0 Å². The second kappa shape index (κ2) is 20.1. The number of ether oxygens (including phenoxy) is 3. The van der Waals surface area contributed by atoms with Crippen LogP contribution in [0.2, 0.25) is 0 Å². The molecule has 6 aliphatic rings. The molecule has 0 amide bonds. The average Bonchev–Trinajstić information content (AvgIpc) is 3.55. The number of nitrogens with zero attached hydrogens (tertiary/aromatic N) is 2. The SMILES string of the molecule is CC.CC(C)CC1CCC2(C)C(CC=C3C2CCC2C4COCC32CCC4OCC2CCCN2C)C1.NNN=C(N)N.O=COCc1ccccc1. The van der Waals surface area contributed by atoms with Gasteiger partial charge in [-0.1, -0.05) is 76.6 Å². The van der Waals surface area contributed by atoms with E-state index in [1.54, 1.807) is 0 Å². The molecule has 0 spiro atoms. The van der Waals surface area contributed by atoms with E-state index in [2.05, 4.69) is 54.5 Å². The minimum Gasteiger partial charge on any atom is -0.463 e. The third-order valence-electron chi connectivity index (χ3n) is 13.4. The molecule has 294 valence electrons. The highest BCUT2D eigenvalue weighted by Crippen LogP contribution is 2.67. The zero-order valence-corrected chi connectivity index (χ0v) is 33.2. The Kier molecular flexibility index (Phi) is 16.3. The second-order valence-electron chi connectivity index (χ2n) is 16.7. The van der Waals surface area contributed by atoms with Crippen LogP contribution in [0.3, 0.4) is 0 Å². The maximum Gasteiger partial charge on any atom is 0.293 e. The number of rotatable bonds is 9. The van der Waals surface area contributed by atoms with Crippen molar-refractivity contribution in [1.29, 1.82) is 0 Å². The summed E-state index contributed by atoms with van der Waals surface area (Å²) < 4.78 is 17.7. The van der Waals surface area contributed by atoms with Crippen molar-refractivity contribution >= 4 is 12.4 Å². The zero-order chi connectivity index (χ0) is 37.7. The fourth-order valence-corrected chi connectivity index (χ4v) is 11.0. The molecule has 7 N–H and O–H groups in total. The summed E-state index contributed by atoms with van der Waals surface area (Å²) in [6.45, 7) is 16.4. The molecular formula is C42H72N6O4. The van der Waals surface area contributed by atoms with Gasteiger partial charge in [0, 0.05) is 17.4 Å². The molecule has 3 saturated carbocycles. The summed E-state index contributed by atoms with van der Waals surface area (Å²) in [4.78, 5) is 12.3. The van der Waals surface area contributed by atoms with Crippen molar-refractivity contribution < 1.29 is 19.0 Å². The normalized spacial score (nSPS) is 34.5. The van der Waals surface area contributed by atoms with Crippen molar-refractivity contribution in [2.45, 2.75) is 124 Å². The van der Waals surface area contributed by atoms with Crippen LogP contribution >= 0.6 is 0 Å². The molecule has 2 saturated heterocycles.